The smallest absolute Gasteiger partial charge is 0.0409 e. The minimum Gasteiger partial charge on any atom is -0.307 e. The van der Waals surface area contributed by atoms with Crippen LogP contribution in [0.4, 0.5) is 0 Å². The molecule has 1 aliphatic carbocycles. The second kappa shape index (κ2) is 5.18. The Balaban J connectivity index is 2.24. The fourth-order valence-corrected chi connectivity index (χ4v) is 1.36. The summed E-state index contributed by atoms with van der Waals surface area (Å²) in [5, 5.41) is 4.42. The van der Waals surface area contributed by atoms with E-state index in [1.165, 1.54) is 37.8 Å². The molecule has 0 saturated heterocycles. The van der Waals surface area contributed by atoms with Gasteiger partial charge in [-0.05, 0) is 39.0 Å². The first kappa shape index (κ1) is 9.56. The first-order valence-corrected chi connectivity index (χ1v) is 5.14. The first-order valence-electron chi connectivity index (χ1n) is 5.14. The SMILES string of the molecule is CCC(C)NN=C1CCCCC1. The molecule has 1 aliphatic rings. The maximum Gasteiger partial charge on any atom is 0.0409 e. The van der Waals surface area contributed by atoms with Gasteiger partial charge in [0.15, 0.2) is 0 Å². The number of nitrogens with one attached hydrogen (secondary N) is 1. The molecule has 0 aromatic heterocycles. The van der Waals surface area contributed by atoms with Crippen LogP contribution in [0.15, 0.2) is 5.10 Å². The van der Waals surface area contributed by atoms with Crippen LogP contribution in [0.25, 0.3) is 0 Å². The summed E-state index contributed by atoms with van der Waals surface area (Å²) in [5.41, 5.74) is 4.57. The van der Waals surface area contributed by atoms with Gasteiger partial charge in [0.2, 0.25) is 0 Å². The van der Waals surface area contributed by atoms with Crippen molar-refractivity contribution >= 4 is 5.71 Å². The quantitative estimate of drug-likeness (QED) is 0.644. The number of hydrogen-bond donors (Lipinski definition) is 1. The molecule has 12 heavy (non-hydrogen) atoms. The second-order valence-electron chi connectivity index (χ2n) is 3.68. The summed E-state index contributed by atoms with van der Waals surface area (Å²) in [6.07, 6.45) is 7.63. The summed E-state index contributed by atoms with van der Waals surface area (Å²) in [6.45, 7) is 4.35. The molecular weight excluding hydrogens is 148 g/mol. The van der Waals surface area contributed by atoms with Crippen molar-refractivity contribution in [2.75, 3.05) is 0 Å². The van der Waals surface area contributed by atoms with E-state index in [4.69, 9.17) is 0 Å². The highest BCUT2D eigenvalue weighted by molar-refractivity contribution is 5.84. The van der Waals surface area contributed by atoms with E-state index < -0.39 is 0 Å². The fraction of sp³-hybridized carbons (Fsp3) is 0.900. The highest BCUT2D eigenvalue weighted by atomic mass is 15.3. The molecule has 2 heteroatoms. The van der Waals surface area contributed by atoms with Crippen LogP contribution in [0.5, 0.6) is 0 Å². The number of rotatable bonds is 3. The van der Waals surface area contributed by atoms with Crippen molar-refractivity contribution in [3.63, 3.8) is 0 Å². The van der Waals surface area contributed by atoms with Crippen molar-refractivity contribution < 1.29 is 0 Å². The van der Waals surface area contributed by atoms with Gasteiger partial charge >= 0.3 is 0 Å². The lowest BCUT2D eigenvalue weighted by Gasteiger charge is -2.14. The molecule has 70 valence electrons. The molecule has 1 unspecified atom stereocenters. The van der Waals surface area contributed by atoms with Gasteiger partial charge in [0, 0.05) is 11.8 Å². The first-order chi connectivity index (χ1) is 5.83. The normalized spacial score (nSPS) is 20.3. The van der Waals surface area contributed by atoms with Crippen LogP contribution in [0.3, 0.4) is 0 Å². The van der Waals surface area contributed by atoms with Crippen molar-refractivity contribution in [3.05, 3.63) is 0 Å². The molecule has 1 saturated carbocycles. The van der Waals surface area contributed by atoms with Crippen LogP contribution < -0.4 is 5.43 Å². The zero-order valence-corrected chi connectivity index (χ0v) is 8.27. The second-order valence-corrected chi connectivity index (χ2v) is 3.68. The van der Waals surface area contributed by atoms with E-state index in [0.29, 0.717) is 6.04 Å². The maximum absolute atomic E-state index is 4.42. The highest BCUT2D eigenvalue weighted by Gasteiger charge is 2.06. The van der Waals surface area contributed by atoms with E-state index in [1.807, 2.05) is 0 Å². The minimum absolute atomic E-state index is 0.527. The summed E-state index contributed by atoms with van der Waals surface area (Å²) in [5.74, 6) is 0. The Morgan fingerprint density at radius 2 is 2.00 bits per heavy atom. The Morgan fingerprint density at radius 3 is 2.58 bits per heavy atom. The Labute approximate surface area is 75.4 Å². The topological polar surface area (TPSA) is 24.4 Å². The van der Waals surface area contributed by atoms with Gasteiger partial charge in [-0.25, -0.2) is 0 Å². The van der Waals surface area contributed by atoms with E-state index in [0.717, 1.165) is 6.42 Å². The van der Waals surface area contributed by atoms with E-state index in [-0.39, 0.29) is 0 Å². The van der Waals surface area contributed by atoms with Crippen molar-refractivity contribution in [1.82, 2.24) is 5.43 Å². The molecule has 1 atom stereocenters. The van der Waals surface area contributed by atoms with Gasteiger partial charge in [0.05, 0.1) is 0 Å². The van der Waals surface area contributed by atoms with Crippen LogP contribution in [-0.4, -0.2) is 11.8 Å². The van der Waals surface area contributed by atoms with E-state index in [9.17, 15) is 0 Å². The third kappa shape index (κ3) is 3.24. The van der Waals surface area contributed by atoms with Gasteiger partial charge in [0.1, 0.15) is 0 Å². The lowest BCUT2D eigenvalue weighted by atomic mass is 9.99. The predicted octanol–water partition coefficient (Wildman–Crippen LogP) is 2.69. The van der Waals surface area contributed by atoms with Gasteiger partial charge in [-0.15, -0.1) is 0 Å². The van der Waals surface area contributed by atoms with Gasteiger partial charge in [0.25, 0.3) is 0 Å². The van der Waals surface area contributed by atoms with Crippen LogP contribution in [0.1, 0.15) is 52.4 Å². The van der Waals surface area contributed by atoms with E-state index in [1.54, 1.807) is 0 Å². The molecule has 0 radical (unpaired) electrons. The lowest BCUT2D eigenvalue weighted by molar-refractivity contribution is 0.548. The Hall–Kier alpha value is -0.530. The molecule has 1 rings (SSSR count). The average molecular weight is 168 g/mol. The Morgan fingerprint density at radius 1 is 1.33 bits per heavy atom. The molecule has 0 amide bonds. The Kier molecular flexibility index (Phi) is 4.12. The standard InChI is InChI=1S/C10H20N2/c1-3-9(2)11-12-10-7-5-4-6-8-10/h9,11H,3-8H2,1-2H3. The third-order valence-corrected chi connectivity index (χ3v) is 2.49. The monoisotopic (exact) mass is 168 g/mol. The van der Waals surface area contributed by atoms with Crippen LogP contribution >= 0.6 is 0 Å². The van der Waals surface area contributed by atoms with Gasteiger partial charge in [-0.3, -0.25) is 0 Å². The van der Waals surface area contributed by atoms with Crippen molar-refractivity contribution in [1.29, 1.82) is 0 Å². The molecule has 0 bridgehead atoms. The van der Waals surface area contributed by atoms with Crippen LogP contribution in [0, 0.1) is 0 Å². The lowest BCUT2D eigenvalue weighted by Crippen LogP contribution is -2.22. The highest BCUT2D eigenvalue weighted by Crippen LogP contribution is 2.14. The predicted molar refractivity (Wildman–Crippen MR) is 53.4 cm³/mol. The summed E-state index contributed by atoms with van der Waals surface area (Å²) in [4.78, 5) is 0. The fourth-order valence-electron chi connectivity index (χ4n) is 1.36. The van der Waals surface area contributed by atoms with Gasteiger partial charge in [-0.1, -0.05) is 13.3 Å². The third-order valence-electron chi connectivity index (χ3n) is 2.49. The zero-order chi connectivity index (χ0) is 8.81. The number of hydrogen-bond acceptors (Lipinski definition) is 2. The summed E-state index contributed by atoms with van der Waals surface area (Å²) < 4.78 is 0. The molecule has 2 nitrogen and oxygen atoms in total. The van der Waals surface area contributed by atoms with Crippen molar-refractivity contribution in [2.45, 2.75) is 58.4 Å². The number of hydrazone groups is 1. The molecule has 0 aromatic carbocycles. The molecule has 0 aromatic rings. The van der Waals surface area contributed by atoms with Crippen molar-refractivity contribution in [3.8, 4) is 0 Å². The molecular formula is C10H20N2. The molecule has 1 N–H and O–H groups in total. The van der Waals surface area contributed by atoms with E-state index in [2.05, 4.69) is 24.4 Å². The maximum atomic E-state index is 4.42. The summed E-state index contributed by atoms with van der Waals surface area (Å²) in [6, 6.07) is 0.527. The van der Waals surface area contributed by atoms with Gasteiger partial charge < -0.3 is 5.43 Å². The average Bonchev–Trinajstić information content (AvgIpc) is 2.16. The summed E-state index contributed by atoms with van der Waals surface area (Å²) in [7, 11) is 0. The van der Waals surface area contributed by atoms with Crippen LogP contribution in [0.2, 0.25) is 0 Å². The Bertz CT molecular complexity index is 144. The molecule has 0 heterocycles. The van der Waals surface area contributed by atoms with Gasteiger partial charge in [-0.2, -0.15) is 5.10 Å². The van der Waals surface area contributed by atoms with Crippen LogP contribution in [-0.2, 0) is 0 Å². The molecule has 0 aliphatic heterocycles. The zero-order valence-electron chi connectivity index (χ0n) is 8.27. The van der Waals surface area contributed by atoms with E-state index >= 15 is 0 Å². The van der Waals surface area contributed by atoms with Crippen molar-refractivity contribution in [2.24, 2.45) is 5.10 Å². The largest absolute Gasteiger partial charge is 0.307 e. The summed E-state index contributed by atoms with van der Waals surface area (Å²) >= 11 is 0. The molecule has 0 spiro atoms. The number of nitrogens with zero attached hydrogens (tertiary/aromatic N) is 1. The minimum atomic E-state index is 0.527. The molecule has 1 fully saturated rings.